The lowest BCUT2D eigenvalue weighted by molar-refractivity contribution is 0.590. The summed E-state index contributed by atoms with van der Waals surface area (Å²) in [6.45, 7) is 42.6. The van der Waals surface area contributed by atoms with E-state index >= 15 is 0 Å². The molecule has 4 nitrogen and oxygen atoms in total. The molecule has 0 aliphatic rings. The van der Waals surface area contributed by atoms with Crippen LogP contribution in [0.3, 0.4) is 0 Å². The molecule has 0 atom stereocenters. The van der Waals surface area contributed by atoms with Crippen molar-refractivity contribution in [1.29, 1.82) is 0 Å². The van der Waals surface area contributed by atoms with Crippen molar-refractivity contribution in [3.63, 3.8) is 0 Å². The number of benzene rings is 11. The highest BCUT2D eigenvalue weighted by Gasteiger charge is 2.32. The number of hydrogen-bond donors (Lipinski definition) is 0. The molecule has 0 saturated heterocycles. The van der Waals surface area contributed by atoms with Crippen molar-refractivity contribution in [2.75, 3.05) is 9.80 Å². The van der Waals surface area contributed by atoms with Crippen LogP contribution >= 0.6 is 0 Å². The van der Waals surface area contributed by atoms with Gasteiger partial charge in [-0.2, -0.15) is 0 Å². The third-order valence-electron chi connectivity index (χ3n) is 20.5. The molecule has 0 N–H and O–H groups in total. The van der Waals surface area contributed by atoms with E-state index in [2.05, 4.69) is 359 Å². The lowest BCUT2D eigenvalue weighted by Gasteiger charge is -2.31. The van der Waals surface area contributed by atoms with E-state index in [1.54, 1.807) is 0 Å². The van der Waals surface area contributed by atoms with Gasteiger partial charge in [0.2, 0.25) is 0 Å². The number of anilines is 6. The highest BCUT2D eigenvalue weighted by atomic mass is 28.3. The molecule has 6 heteroatoms. The second-order valence-electron chi connectivity index (χ2n) is 33.2. The lowest BCUT2D eigenvalue weighted by Crippen LogP contribution is -2.37. The maximum Gasteiger partial charge on any atom is 0.0775 e. The topological polar surface area (TPSA) is 15.3 Å². The van der Waals surface area contributed by atoms with Gasteiger partial charge >= 0.3 is 0 Å². The van der Waals surface area contributed by atoms with Crippen LogP contribution in [-0.4, -0.2) is 24.9 Å². The molecule has 0 saturated carbocycles. The van der Waals surface area contributed by atoms with Crippen molar-refractivity contribution in [1.82, 2.24) is 8.80 Å². The van der Waals surface area contributed by atoms with Crippen LogP contribution in [0.4, 0.5) is 34.1 Å². The minimum atomic E-state index is -1.56. The number of hydrogen-bond acceptors (Lipinski definition) is 2. The Hall–Kier alpha value is -8.95. The molecule has 0 aliphatic heterocycles. The summed E-state index contributed by atoms with van der Waals surface area (Å²) >= 11 is 0. The van der Waals surface area contributed by atoms with Crippen molar-refractivity contribution in [3.05, 3.63) is 241 Å². The Morgan fingerprint density at radius 2 is 0.617 bits per heavy atom. The molecule has 0 unspecified atom stereocenters. The van der Waals surface area contributed by atoms with Crippen molar-refractivity contribution in [3.8, 4) is 22.3 Å². The molecule has 0 amide bonds. The first-order valence-electron chi connectivity index (χ1n) is 34.1. The first-order valence-corrected chi connectivity index (χ1v) is 41.1. The molecule has 11 aromatic carbocycles. The number of nitrogens with zero attached hydrogens (tertiary/aromatic N) is 4. The number of rotatable bonds is 10. The van der Waals surface area contributed by atoms with E-state index in [4.69, 9.17) is 0 Å². The van der Waals surface area contributed by atoms with Gasteiger partial charge in [-0.15, -0.1) is 0 Å². The monoisotopic (exact) mass is 1260 g/mol. The average Bonchev–Trinajstić information content (AvgIpc) is 1.52. The highest BCUT2D eigenvalue weighted by molar-refractivity contribution is 6.89. The van der Waals surface area contributed by atoms with Crippen LogP contribution in [0.15, 0.2) is 218 Å². The van der Waals surface area contributed by atoms with E-state index in [0.29, 0.717) is 0 Å². The summed E-state index contributed by atoms with van der Waals surface area (Å²) in [5, 5.41) is 12.9. The number of para-hydroxylation sites is 2. The van der Waals surface area contributed by atoms with E-state index in [1.807, 2.05) is 0 Å². The summed E-state index contributed by atoms with van der Waals surface area (Å²) in [5.41, 5.74) is 24.2. The van der Waals surface area contributed by atoms with Crippen LogP contribution in [0.1, 0.15) is 105 Å². The maximum absolute atomic E-state index is 2.60. The fraction of sp³-hybridized carbons (Fsp3) is 0.250. The minimum absolute atomic E-state index is 0.0557. The van der Waals surface area contributed by atoms with Crippen LogP contribution in [0.5, 0.6) is 0 Å². The standard InChI is InChI=1S/C88H90N4Si2/c1-85(2,3)57-25-23-27-61(49-57)89(75-45-37-59(87(7,8)9)51-69(75)55-33-39-63(40-34-55)93(13,14)15)77-47-43-65-71-53-80-72(54-79(71)91-73-31-21-19-29-67(73)81(77)83(65)91)66-44-48-78(82-68-30-20-22-32-74(68)92(80)84(66)82)90(62-28-24-26-58(50-62)86(4,5)6)76-46-38-60(88(10,11)12)52-70(76)56-35-41-64(42-36-56)94(16,17)18/h19-54H,1-18H3. The Kier molecular flexibility index (Phi) is 13.9. The molecule has 15 aromatic rings. The zero-order chi connectivity index (χ0) is 66.1. The molecule has 0 spiro atoms. The van der Waals surface area contributed by atoms with Gasteiger partial charge in [0.25, 0.3) is 0 Å². The van der Waals surface area contributed by atoms with Crippen LogP contribution in [0.2, 0.25) is 39.3 Å². The summed E-state index contributed by atoms with van der Waals surface area (Å²) in [7, 11) is -3.13. The molecule has 0 bridgehead atoms. The predicted molar refractivity (Wildman–Crippen MR) is 417 cm³/mol. The summed E-state index contributed by atoms with van der Waals surface area (Å²) < 4.78 is 5.20. The lowest BCUT2D eigenvalue weighted by atomic mass is 9.84. The molecule has 4 heterocycles. The Labute approximate surface area is 558 Å². The summed E-state index contributed by atoms with van der Waals surface area (Å²) in [5.74, 6) is 0. The second-order valence-corrected chi connectivity index (χ2v) is 43.3. The summed E-state index contributed by atoms with van der Waals surface area (Å²) in [6.07, 6.45) is 0. The van der Waals surface area contributed by atoms with Crippen LogP contribution in [-0.2, 0) is 21.7 Å². The molecule has 470 valence electrons. The molecule has 0 radical (unpaired) electrons. The molecule has 15 rings (SSSR count). The Balaban J connectivity index is 0.999. The number of fused-ring (bicyclic) bond motifs is 12. The average molecular weight is 1260 g/mol. The van der Waals surface area contributed by atoms with Crippen molar-refractivity contribution in [2.45, 2.75) is 144 Å². The molecule has 0 fully saturated rings. The third kappa shape index (κ3) is 9.95. The van der Waals surface area contributed by atoms with Gasteiger partial charge in [-0.25, -0.2) is 0 Å². The maximum atomic E-state index is 2.60. The zero-order valence-corrected chi connectivity index (χ0v) is 60.6. The Morgan fingerprint density at radius 1 is 0.277 bits per heavy atom. The van der Waals surface area contributed by atoms with Gasteiger partial charge in [0.05, 0.1) is 72.0 Å². The zero-order valence-electron chi connectivity index (χ0n) is 58.6. The summed E-state index contributed by atoms with van der Waals surface area (Å²) in [6, 6.07) is 85.4. The Morgan fingerprint density at radius 3 is 0.968 bits per heavy atom. The number of aromatic nitrogens is 2. The fourth-order valence-corrected chi connectivity index (χ4v) is 17.4. The Bertz CT molecular complexity index is 5140. The summed E-state index contributed by atoms with van der Waals surface area (Å²) in [4.78, 5) is 5.18. The first-order chi connectivity index (χ1) is 44.4. The van der Waals surface area contributed by atoms with Gasteiger partial charge in [-0.05, 0) is 140 Å². The van der Waals surface area contributed by atoms with Crippen LogP contribution < -0.4 is 20.2 Å². The first kappa shape index (κ1) is 61.2. The second kappa shape index (κ2) is 21.3. The largest absolute Gasteiger partial charge is 0.309 e. The van der Waals surface area contributed by atoms with Gasteiger partial charge in [0, 0.05) is 65.6 Å². The molecular weight excluding hydrogens is 1170 g/mol. The van der Waals surface area contributed by atoms with Crippen molar-refractivity contribution < 1.29 is 0 Å². The van der Waals surface area contributed by atoms with Gasteiger partial charge in [0.1, 0.15) is 0 Å². The van der Waals surface area contributed by atoms with E-state index in [0.717, 1.165) is 34.1 Å². The van der Waals surface area contributed by atoms with Crippen molar-refractivity contribution in [2.24, 2.45) is 0 Å². The quantitative estimate of drug-likeness (QED) is 0.127. The van der Waals surface area contributed by atoms with Crippen molar-refractivity contribution >= 4 is 137 Å². The van der Waals surface area contributed by atoms with Crippen LogP contribution in [0, 0.1) is 0 Å². The smallest absolute Gasteiger partial charge is 0.0775 e. The van der Waals surface area contributed by atoms with Gasteiger partial charge < -0.3 is 18.6 Å². The van der Waals surface area contributed by atoms with E-state index in [1.165, 1.54) is 131 Å². The van der Waals surface area contributed by atoms with E-state index in [9.17, 15) is 0 Å². The molecule has 94 heavy (non-hydrogen) atoms. The van der Waals surface area contributed by atoms with Gasteiger partial charge in [-0.1, -0.05) is 266 Å². The van der Waals surface area contributed by atoms with E-state index < -0.39 is 16.1 Å². The van der Waals surface area contributed by atoms with Crippen LogP contribution in [0.25, 0.3) is 98.4 Å². The highest BCUT2D eigenvalue weighted by Crippen LogP contribution is 2.54. The third-order valence-corrected chi connectivity index (χ3v) is 24.6. The SMILES string of the molecule is CC(C)(C)c1cccc(N(c2ccc(C(C)(C)C)cc2-c2ccc([Si](C)(C)C)cc2)c2ccc3c4cc5c(cc4n4c6ccccc6c2c34)c2ccc(N(c3cccc(C(C)(C)C)c3)c3ccc(C(C)(C)C)cc3-c3ccc([Si](C)(C)C)cc3)c3c4ccccc4n5c23)c1. The van der Waals surface area contributed by atoms with Gasteiger partial charge in [0.15, 0.2) is 0 Å². The minimum Gasteiger partial charge on any atom is -0.309 e. The molecule has 4 aromatic heterocycles. The fourth-order valence-electron chi connectivity index (χ4n) is 15.0. The van der Waals surface area contributed by atoms with E-state index in [-0.39, 0.29) is 21.7 Å². The van der Waals surface area contributed by atoms with Gasteiger partial charge in [-0.3, -0.25) is 0 Å². The molecule has 0 aliphatic carbocycles. The normalized spacial score (nSPS) is 13.2. The predicted octanol–water partition coefficient (Wildman–Crippen LogP) is 24.5. The molecular formula is C88H90N4Si2.